The molecule has 0 amide bonds. The largest absolute Gasteiger partial charge is 0.463 e. The fourth-order valence-electron chi connectivity index (χ4n) is 0.719. The van der Waals surface area contributed by atoms with E-state index in [0.29, 0.717) is 0 Å². The fraction of sp³-hybridized carbons (Fsp3) is 0.222. The molecular weight excluding hydrogens is 152 g/mol. The summed E-state index contributed by atoms with van der Waals surface area (Å²) in [5, 5.41) is 4.04. The van der Waals surface area contributed by atoms with E-state index in [2.05, 4.69) is 17.1 Å². The van der Waals surface area contributed by atoms with Crippen LogP contribution in [0, 0.1) is 0 Å². The Morgan fingerprint density at radius 1 is 1.58 bits per heavy atom. The smallest absolute Gasteiger partial charge is 0.149 e. The van der Waals surface area contributed by atoms with E-state index in [1.807, 2.05) is 26.0 Å². The molecule has 0 aromatic carbocycles. The average molecular weight is 164 g/mol. The van der Waals surface area contributed by atoms with Gasteiger partial charge in [-0.3, -0.25) is 5.43 Å². The summed E-state index contributed by atoms with van der Waals surface area (Å²) in [7, 11) is 0. The molecule has 1 aromatic rings. The summed E-state index contributed by atoms with van der Waals surface area (Å²) in [5.41, 5.74) is 4.38. The van der Waals surface area contributed by atoms with Crippen molar-refractivity contribution in [3.8, 4) is 0 Å². The molecule has 0 unspecified atom stereocenters. The number of hydrogen-bond acceptors (Lipinski definition) is 3. The molecule has 0 saturated heterocycles. The molecule has 3 nitrogen and oxygen atoms in total. The number of allylic oxidation sites excluding steroid dienone is 1. The Morgan fingerprint density at radius 3 is 2.83 bits per heavy atom. The van der Waals surface area contributed by atoms with E-state index < -0.39 is 0 Å². The Balaban J connectivity index is 2.65. The van der Waals surface area contributed by atoms with Gasteiger partial charge in [-0.25, -0.2) is 0 Å². The zero-order valence-corrected chi connectivity index (χ0v) is 7.29. The normalized spacial score (nSPS) is 11.3. The van der Waals surface area contributed by atoms with E-state index in [-0.39, 0.29) is 0 Å². The molecule has 1 heterocycles. The standard InChI is InChI=1S/C9H12N2O/c1-7(2)10-11-8(3)9-5-4-6-12-9/h4-6,10H,1H2,2-3H3/b11-8+. The number of nitrogens with zero attached hydrogens (tertiary/aromatic N) is 1. The van der Waals surface area contributed by atoms with E-state index in [4.69, 9.17) is 4.42 Å². The molecular formula is C9H12N2O. The molecule has 12 heavy (non-hydrogen) atoms. The highest BCUT2D eigenvalue weighted by molar-refractivity contribution is 5.95. The third-order valence-corrected chi connectivity index (χ3v) is 1.29. The summed E-state index contributed by atoms with van der Waals surface area (Å²) in [6.45, 7) is 7.38. The van der Waals surface area contributed by atoms with E-state index in [0.717, 1.165) is 17.2 Å². The van der Waals surface area contributed by atoms with Gasteiger partial charge in [-0.2, -0.15) is 5.10 Å². The highest BCUT2D eigenvalue weighted by atomic mass is 16.3. The van der Waals surface area contributed by atoms with Gasteiger partial charge in [-0.1, -0.05) is 6.58 Å². The van der Waals surface area contributed by atoms with Crippen molar-refractivity contribution in [3.63, 3.8) is 0 Å². The lowest BCUT2D eigenvalue weighted by molar-refractivity contribution is 0.556. The van der Waals surface area contributed by atoms with Crippen LogP contribution in [0.4, 0.5) is 0 Å². The number of hydrazone groups is 1. The quantitative estimate of drug-likeness (QED) is 0.549. The van der Waals surface area contributed by atoms with Crippen LogP contribution in [0.5, 0.6) is 0 Å². The van der Waals surface area contributed by atoms with Gasteiger partial charge in [0.2, 0.25) is 0 Å². The Kier molecular flexibility index (Phi) is 2.69. The molecule has 0 fully saturated rings. The molecule has 0 aliphatic carbocycles. The van der Waals surface area contributed by atoms with Crippen LogP contribution in [0.3, 0.4) is 0 Å². The summed E-state index contributed by atoms with van der Waals surface area (Å²) >= 11 is 0. The van der Waals surface area contributed by atoms with Gasteiger partial charge in [-0.05, 0) is 26.0 Å². The molecule has 0 spiro atoms. The summed E-state index contributed by atoms with van der Waals surface area (Å²) in [6, 6.07) is 3.69. The Morgan fingerprint density at radius 2 is 2.33 bits per heavy atom. The van der Waals surface area contributed by atoms with Crippen molar-refractivity contribution in [3.05, 3.63) is 36.4 Å². The van der Waals surface area contributed by atoms with Crippen LogP contribution in [0.2, 0.25) is 0 Å². The highest BCUT2D eigenvalue weighted by Gasteiger charge is 1.98. The van der Waals surface area contributed by atoms with Gasteiger partial charge >= 0.3 is 0 Å². The zero-order chi connectivity index (χ0) is 8.97. The minimum Gasteiger partial charge on any atom is -0.463 e. The van der Waals surface area contributed by atoms with E-state index in [1.54, 1.807) is 6.26 Å². The number of furan rings is 1. The summed E-state index contributed by atoms with van der Waals surface area (Å²) < 4.78 is 5.13. The first-order valence-corrected chi connectivity index (χ1v) is 3.70. The van der Waals surface area contributed by atoms with Crippen molar-refractivity contribution in [2.75, 3.05) is 0 Å². The van der Waals surface area contributed by atoms with Gasteiger partial charge < -0.3 is 4.42 Å². The van der Waals surface area contributed by atoms with Crippen molar-refractivity contribution >= 4 is 5.71 Å². The van der Waals surface area contributed by atoms with Gasteiger partial charge in [-0.15, -0.1) is 0 Å². The summed E-state index contributed by atoms with van der Waals surface area (Å²) in [5.74, 6) is 0.767. The van der Waals surface area contributed by atoms with Gasteiger partial charge in [0.1, 0.15) is 11.5 Å². The Bertz CT molecular complexity index is 285. The van der Waals surface area contributed by atoms with Gasteiger partial charge in [0.15, 0.2) is 0 Å². The molecule has 1 N–H and O–H groups in total. The van der Waals surface area contributed by atoms with Crippen LogP contribution in [0.15, 0.2) is 40.2 Å². The zero-order valence-electron chi connectivity index (χ0n) is 7.29. The lowest BCUT2D eigenvalue weighted by Gasteiger charge is -1.98. The predicted molar refractivity (Wildman–Crippen MR) is 48.9 cm³/mol. The molecule has 0 aliphatic rings. The molecule has 64 valence electrons. The third kappa shape index (κ3) is 2.27. The topological polar surface area (TPSA) is 37.5 Å². The molecule has 0 aliphatic heterocycles. The van der Waals surface area contributed by atoms with Crippen LogP contribution in [-0.2, 0) is 0 Å². The second-order valence-electron chi connectivity index (χ2n) is 2.57. The molecule has 3 heteroatoms. The summed E-state index contributed by atoms with van der Waals surface area (Å²) in [4.78, 5) is 0. The van der Waals surface area contributed by atoms with E-state index in [9.17, 15) is 0 Å². The van der Waals surface area contributed by atoms with Crippen molar-refractivity contribution in [2.45, 2.75) is 13.8 Å². The van der Waals surface area contributed by atoms with Crippen LogP contribution in [0.25, 0.3) is 0 Å². The minimum absolute atomic E-state index is 0.767. The monoisotopic (exact) mass is 164 g/mol. The third-order valence-electron chi connectivity index (χ3n) is 1.29. The van der Waals surface area contributed by atoms with Gasteiger partial charge in [0.25, 0.3) is 0 Å². The number of rotatable bonds is 3. The van der Waals surface area contributed by atoms with Crippen LogP contribution in [-0.4, -0.2) is 5.71 Å². The second kappa shape index (κ2) is 3.76. The van der Waals surface area contributed by atoms with Crippen molar-refractivity contribution in [1.82, 2.24) is 5.43 Å². The maximum atomic E-state index is 5.13. The van der Waals surface area contributed by atoms with Gasteiger partial charge in [0.05, 0.1) is 6.26 Å². The maximum Gasteiger partial charge on any atom is 0.149 e. The average Bonchev–Trinajstić information content (AvgIpc) is 2.51. The SMILES string of the molecule is C=C(C)N/N=C(\C)c1ccco1. The maximum absolute atomic E-state index is 5.13. The highest BCUT2D eigenvalue weighted by Crippen LogP contribution is 2.01. The fourth-order valence-corrected chi connectivity index (χ4v) is 0.719. The molecule has 0 atom stereocenters. The number of hydrogen-bond donors (Lipinski definition) is 1. The summed E-state index contributed by atoms with van der Waals surface area (Å²) in [6.07, 6.45) is 1.62. The predicted octanol–water partition coefficient (Wildman–Crippen LogP) is 2.13. The first-order chi connectivity index (χ1) is 5.70. The minimum atomic E-state index is 0.767. The number of nitrogens with one attached hydrogen (secondary N) is 1. The molecule has 1 rings (SSSR count). The molecule has 0 saturated carbocycles. The van der Waals surface area contributed by atoms with Crippen molar-refractivity contribution < 1.29 is 4.42 Å². The molecule has 0 radical (unpaired) electrons. The molecule has 0 bridgehead atoms. The second-order valence-corrected chi connectivity index (χ2v) is 2.57. The van der Waals surface area contributed by atoms with Crippen LogP contribution < -0.4 is 5.43 Å². The Hall–Kier alpha value is -1.51. The Labute approximate surface area is 71.8 Å². The van der Waals surface area contributed by atoms with Crippen LogP contribution >= 0.6 is 0 Å². The lowest BCUT2D eigenvalue weighted by atomic mass is 10.3. The van der Waals surface area contributed by atoms with Gasteiger partial charge in [0, 0.05) is 5.70 Å². The van der Waals surface area contributed by atoms with Crippen molar-refractivity contribution in [2.24, 2.45) is 5.10 Å². The first kappa shape index (κ1) is 8.59. The van der Waals surface area contributed by atoms with Crippen LogP contribution in [0.1, 0.15) is 19.6 Å². The van der Waals surface area contributed by atoms with E-state index in [1.165, 1.54) is 0 Å². The van der Waals surface area contributed by atoms with E-state index >= 15 is 0 Å². The van der Waals surface area contributed by atoms with Crippen molar-refractivity contribution in [1.29, 1.82) is 0 Å². The lowest BCUT2D eigenvalue weighted by Crippen LogP contribution is -2.05. The molecule has 1 aromatic heterocycles. The first-order valence-electron chi connectivity index (χ1n) is 3.70.